The molecule has 1 heterocycles. The first-order valence-electron chi connectivity index (χ1n) is 3.80. The van der Waals surface area contributed by atoms with E-state index in [1.165, 1.54) is 11.3 Å². The molecule has 14 heavy (non-hydrogen) atoms. The fourth-order valence-electron chi connectivity index (χ4n) is 1.01. The van der Waals surface area contributed by atoms with Crippen molar-refractivity contribution in [2.45, 2.75) is 12.5 Å². The van der Waals surface area contributed by atoms with Crippen molar-refractivity contribution < 1.29 is 14.7 Å². The number of aliphatic carboxylic acids is 1. The Morgan fingerprint density at radius 3 is 2.86 bits per heavy atom. The number of halogens is 1. The van der Waals surface area contributed by atoms with Crippen molar-refractivity contribution >= 4 is 39.6 Å². The van der Waals surface area contributed by atoms with E-state index >= 15 is 0 Å². The SMILES string of the molecule is O=CN[C@@H](CC(=O)O)c1ccc(Br)s1. The third kappa shape index (κ3) is 3.12. The van der Waals surface area contributed by atoms with E-state index in [4.69, 9.17) is 5.11 Å². The van der Waals surface area contributed by atoms with Crippen molar-refractivity contribution in [2.75, 3.05) is 0 Å². The molecule has 0 fully saturated rings. The standard InChI is InChI=1S/C8H8BrNO3S/c9-7-2-1-6(14-7)5(10-4-11)3-8(12)13/h1-2,4-5H,3H2,(H,10,11)(H,12,13)/t5-/m0/s1. The minimum atomic E-state index is -0.936. The normalized spacial score (nSPS) is 12.1. The number of rotatable bonds is 5. The summed E-state index contributed by atoms with van der Waals surface area (Å²) in [6.45, 7) is 0. The minimum Gasteiger partial charge on any atom is -0.481 e. The van der Waals surface area contributed by atoms with Crippen LogP contribution in [0.3, 0.4) is 0 Å². The van der Waals surface area contributed by atoms with E-state index in [2.05, 4.69) is 21.2 Å². The molecule has 1 amide bonds. The zero-order valence-corrected chi connectivity index (χ0v) is 9.47. The van der Waals surface area contributed by atoms with Gasteiger partial charge in [0.1, 0.15) is 0 Å². The summed E-state index contributed by atoms with van der Waals surface area (Å²) < 4.78 is 0.913. The molecule has 76 valence electrons. The van der Waals surface area contributed by atoms with Crippen LogP contribution < -0.4 is 5.32 Å². The predicted octanol–water partition coefficient (Wildman–Crippen LogP) is 1.77. The van der Waals surface area contributed by atoms with Gasteiger partial charge in [0.05, 0.1) is 16.2 Å². The van der Waals surface area contributed by atoms with Crippen molar-refractivity contribution in [1.29, 1.82) is 0 Å². The Labute approximate surface area is 93.1 Å². The van der Waals surface area contributed by atoms with Crippen LogP contribution in [-0.2, 0) is 9.59 Å². The van der Waals surface area contributed by atoms with Gasteiger partial charge in [-0.25, -0.2) is 0 Å². The molecule has 1 aromatic rings. The molecule has 0 radical (unpaired) electrons. The number of carbonyl (C=O) groups is 2. The van der Waals surface area contributed by atoms with Gasteiger partial charge in [-0.05, 0) is 28.1 Å². The van der Waals surface area contributed by atoms with Gasteiger partial charge in [0.2, 0.25) is 6.41 Å². The molecule has 2 N–H and O–H groups in total. The van der Waals surface area contributed by atoms with E-state index in [1.807, 2.05) is 6.07 Å². The first-order chi connectivity index (χ1) is 6.63. The summed E-state index contributed by atoms with van der Waals surface area (Å²) in [7, 11) is 0. The van der Waals surface area contributed by atoms with E-state index in [0.717, 1.165) is 8.66 Å². The van der Waals surface area contributed by atoms with Crippen molar-refractivity contribution in [3.05, 3.63) is 20.8 Å². The molecule has 0 saturated heterocycles. The number of hydrogen-bond acceptors (Lipinski definition) is 3. The molecule has 1 aromatic heterocycles. The highest BCUT2D eigenvalue weighted by Crippen LogP contribution is 2.28. The van der Waals surface area contributed by atoms with Gasteiger partial charge in [0.25, 0.3) is 0 Å². The highest BCUT2D eigenvalue weighted by atomic mass is 79.9. The van der Waals surface area contributed by atoms with E-state index < -0.39 is 12.0 Å². The largest absolute Gasteiger partial charge is 0.481 e. The Balaban J connectivity index is 2.76. The molecule has 0 saturated carbocycles. The van der Waals surface area contributed by atoms with Gasteiger partial charge in [-0.1, -0.05) is 0 Å². The molecule has 1 atom stereocenters. The zero-order valence-electron chi connectivity index (χ0n) is 7.07. The van der Waals surface area contributed by atoms with Crippen LogP contribution in [-0.4, -0.2) is 17.5 Å². The molecule has 4 nitrogen and oxygen atoms in total. The summed E-state index contributed by atoms with van der Waals surface area (Å²) in [4.78, 5) is 21.6. The molecule has 0 spiro atoms. The Bertz CT molecular complexity index is 339. The molecule has 1 rings (SSSR count). The smallest absolute Gasteiger partial charge is 0.305 e. The van der Waals surface area contributed by atoms with Crippen molar-refractivity contribution in [3.63, 3.8) is 0 Å². The Kier molecular flexibility index (Phi) is 4.09. The first kappa shape index (κ1) is 11.2. The average molecular weight is 278 g/mol. The lowest BCUT2D eigenvalue weighted by Gasteiger charge is -2.10. The van der Waals surface area contributed by atoms with Crippen LogP contribution in [0.4, 0.5) is 0 Å². The summed E-state index contributed by atoms with van der Waals surface area (Å²) in [6, 6.07) is 3.17. The van der Waals surface area contributed by atoms with Crippen LogP contribution in [0.5, 0.6) is 0 Å². The molecular formula is C8H8BrNO3S. The summed E-state index contributed by atoms with van der Waals surface area (Å²) >= 11 is 4.68. The van der Waals surface area contributed by atoms with Crippen molar-refractivity contribution in [3.8, 4) is 0 Å². The van der Waals surface area contributed by atoms with Gasteiger partial charge in [-0.2, -0.15) is 0 Å². The third-order valence-electron chi connectivity index (χ3n) is 1.59. The van der Waals surface area contributed by atoms with Gasteiger partial charge in [0, 0.05) is 4.88 Å². The number of nitrogens with one attached hydrogen (secondary N) is 1. The number of thiophene rings is 1. The van der Waals surface area contributed by atoms with Gasteiger partial charge in [-0.15, -0.1) is 11.3 Å². The molecule has 0 unspecified atom stereocenters. The first-order valence-corrected chi connectivity index (χ1v) is 5.41. The van der Waals surface area contributed by atoms with Crippen LogP contribution in [0.15, 0.2) is 15.9 Å². The van der Waals surface area contributed by atoms with E-state index in [0.29, 0.717) is 6.41 Å². The van der Waals surface area contributed by atoms with Gasteiger partial charge < -0.3 is 10.4 Å². The third-order valence-corrected chi connectivity index (χ3v) is 3.32. The molecular weight excluding hydrogens is 270 g/mol. The van der Waals surface area contributed by atoms with E-state index in [-0.39, 0.29) is 6.42 Å². The maximum atomic E-state index is 10.5. The zero-order chi connectivity index (χ0) is 10.6. The Morgan fingerprint density at radius 1 is 1.71 bits per heavy atom. The Morgan fingerprint density at radius 2 is 2.43 bits per heavy atom. The van der Waals surface area contributed by atoms with Crippen LogP contribution in [0.25, 0.3) is 0 Å². The number of carbonyl (C=O) groups excluding carboxylic acids is 1. The quantitative estimate of drug-likeness (QED) is 0.807. The van der Waals surface area contributed by atoms with Crippen LogP contribution in [0, 0.1) is 0 Å². The van der Waals surface area contributed by atoms with Crippen LogP contribution in [0.2, 0.25) is 0 Å². The summed E-state index contributed by atoms with van der Waals surface area (Å²) in [5.74, 6) is -0.936. The molecule has 0 aliphatic carbocycles. The average Bonchev–Trinajstić information content (AvgIpc) is 2.50. The van der Waals surface area contributed by atoms with E-state index in [9.17, 15) is 9.59 Å². The highest BCUT2D eigenvalue weighted by Gasteiger charge is 2.16. The van der Waals surface area contributed by atoms with E-state index in [1.54, 1.807) is 6.07 Å². The van der Waals surface area contributed by atoms with Crippen LogP contribution >= 0.6 is 27.3 Å². The van der Waals surface area contributed by atoms with Gasteiger partial charge in [-0.3, -0.25) is 9.59 Å². The second kappa shape index (κ2) is 5.11. The van der Waals surface area contributed by atoms with Gasteiger partial charge >= 0.3 is 5.97 Å². The predicted molar refractivity (Wildman–Crippen MR) is 56.2 cm³/mol. The molecule has 0 aliphatic rings. The maximum Gasteiger partial charge on any atom is 0.305 e. The molecule has 6 heteroatoms. The topological polar surface area (TPSA) is 66.4 Å². The Hall–Kier alpha value is -0.880. The van der Waals surface area contributed by atoms with Crippen LogP contribution in [0.1, 0.15) is 17.3 Å². The fraction of sp³-hybridized carbons (Fsp3) is 0.250. The lowest BCUT2D eigenvalue weighted by Crippen LogP contribution is -2.21. The highest BCUT2D eigenvalue weighted by molar-refractivity contribution is 9.11. The second-order valence-electron chi connectivity index (χ2n) is 2.58. The number of carboxylic acids is 1. The second-order valence-corrected chi connectivity index (χ2v) is 5.07. The summed E-state index contributed by atoms with van der Waals surface area (Å²) in [5.41, 5.74) is 0. The number of amides is 1. The van der Waals surface area contributed by atoms with Gasteiger partial charge in [0.15, 0.2) is 0 Å². The molecule has 0 aliphatic heterocycles. The maximum absolute atomic E-state index is 10.5. The number of hydrogen-bond donors (Lipinski definition) is 2. The van der Waals surface area contributed by atoms with Crippen molar-refractivity contribution in [2.24, 2.45) is 0 Å². The lowest BCUT2D eigenvalue weighted by atomic mass is 10.2. The molecule has 0 aromatic carbocycles. The summed E-state index contributed by atoms with van der Waals surface area (Å²) in [5, 5.41) is 11.1. The lowest BCUT2D eigenvalue weighted by molar-refractivity contribution is -0.137. The molecule has 0 bridgehead atoms. The van der Waals surface area contributed by atoms with Crippen molar-refractivity contribution in [1.82, 2.24) is 5.32 Å². The number of carboxylic acid groups (broad SMARTS) is 1. The minimum absolute atomic E-state index is 0.105. The fourth-order valence-corrected chi connectivity index (χ4v) is 2.50. The monoisotopic (exact) mass is 277 g/mol. The summed E-state index contributed by atoms with van der Waals surface area (Å²) in [6.07, 6.45) is 0.410.